The monoisotopic (exact) mass is 292 g/mol. The van der Waals surface area contributed by atoms with Gasteiger partial charge in [-0.05, 0) is 25.7 Å². The maximum Gasteiger partial charge on any atom is 0.307 e. The fraction of sp³-hybridized carbons (Fsp3) is 0.917. The predicted molar refractivity (Wildman–Crippen MR) is 73.0 cm³/mol. The third-order valence-corrected chi connectivity index (χ3v) is 5.89. The molecule has 1 atom stereocenters. The van der Waals surface area contributed by atoms with E-state index in [9.17, 15) is 13.2 Å². The van der Waals surface area contributed by atoms with E-state index in [4.69, 9.17) is 5.11 Å². The minimum Gasteiger partial charge on any atom is -0.481 e. The first-order valence-corrected chi connectivity index (χ1v) is 8.20. The van der Waals surface area contributed by atoms with E-state index >= 15 is 0 Å². The number of carboxylic acid groups (broad SMARTS) is 1. The zero-order valence-corrected chi connectivity index (χ0v) is 12.7. The fourth-order valence-corrected chi connectivity index (χ4v) is 4.29. The summed E-state index contributed by atoms with van der Waals surface area (Å²) in [6, 6.07) is -0.0322. The number of carboxylic acids is 1. The van der Waals surface area contributed by atoms with Gasteiger partial charge in [-0.2, -0.15) is 17.0 Å². The van der Waals surface area contributed by atoms with Gasteiger partial charge in [0.15, 0.2) is 0 Å². The molecular weight excluding hydrogens is 268 g/mol. The average molecular weight is 292 g/mol. The lowest BCUT2D eigenvalue weighted by Gasteiger charge is -2.35. The Labute approximate surface area is 115 Å². The molecule has 0 saturated carbocycles. The highest BCUT2D eigenvalue weighted by Crippen LogP contribution is 2.22. The van der Waals surface area contributed by atoms with Gasteiger partial charge in [0.2, 0.25) is 0 Å². The van der Waals surface area contributed by atoms with Crippen molar-refractivity contribution in [2.75, 3.05) is 20.1 Å². The van der Waals surface area contributed by atoms with Crippen LogP contribution >= 0.6 is 0 Å². The molecule has 0 aliphatic carbocycles. The summed E-state index contributed by atoms with van der Waals surface area (Å²) < 4.78 is 27.6. The Morgan fingerprint density at radius 3 is 2.47 bits per heavy atom. The zero-order chi connectivity index (χ0) is 14.6. The van der Waals surface area contributed by atoms with Gasteiger partial charge in [0.05, 0.1) is 5.92 Å². The van der Waals surface area contributed by atoms with Gasteiger partial charge in [0.25, 0.3) is 10.2 Å². The lowest BCUT2D eigenvalue weighted by molar-refractivity contribution is -0.142. The molecule has 1 aliphatic rings. The van der Waals surface area contributed by atoms with Crippen molar-refractivity contribution < 1.29 is 18.3 Å². The van der Waals surface area contributed by atoms with Crippen molar-refractivity contribution in [1.29, 1.82) is 0 Å². The SMILES string of the molecule is CCC(CC)N(C)S(=O)(=O)N1CCCC(C(=O)O)C1. The van der Waals surface area contributed by atoms with E-state index < -0.39 is 22.1 Å². The largest absolute Gasteiger partial charge is 0.481 e. The highest BCUT2D eigenvalue weighted by Gasteiger charge is 2.36. The van der Waals surface area contributed by atoms with Gasteiger partial charge in [0.1, 0.15) is 0 Å². The van der Waals surface area contributed by atoms with Crippen LogP contribution in [0.2, 0.25) is 0 Å². The van der Waals surface area contributed by atoms with Gasteiger partial charge < -0.3 is 5.11 Å². The molecule has 1 unspecified atom stereocenters. The first-order chi connectivity index (χ1) is 8.84. The Bertz CT molecular complexity index is 406. The van der Waals surface area contributed by atoms with Crippen molar-refractivity contribution in [3.63, 3.8) is 0 Å². The Morgan fingerprint density at radius 1 is 1.42 bits per heavy atom. The van der Waals surface area contributed by atoms with Gasteiger partial charge in [-0.15, -0.1) is 0 Å². The van der Waals surface area contributed by atoms with E-state index in [1.807, 2.05) is 13.8 Å². The number of hydrogen-bond donors (Lipinski definition) is 1. The molecule has 1 aliphatic heterocycles. The number of carbonyl (C=O) groups is 1. The van der Waals surface area contributed by atoms with E-state index in [0.29, 0.717) is 19.4 Å². The highest BCUT2D eigenvalue weighted by molar-refractivity contribution is 7.86. The number of nitrogens with zero attached hydrogens (tertiary/aromatic N) is 2. The molecule has 0 aromatic heterocycles. The van der Waals surface area contributed by atoms with Crippen LogP contribution in [0.15, 0.2) is 0 Å². The summed E-state index contributed by atoms with van der Waals surface area (Å²) in [5.74, 6) is -1.50. The average Bonchev–Trinajstić information content (AvgIpc) is 2.40. The zero-order valence-electron chi connectivity index (χ0n) is 11.9. The number of piperidine rings is 1. The van der Waals surface area contributed by atoms with Crippen LogP contribution in [0.25, 0.3) is 0 Å². The van der Waals surface area contributed by atoms with Crippen molar-refractivity contribution in [2.24, 2.45) is 5.92 Å². The highest BCUT2D eigenvalue weighted by atomic mass is 32.2. The summed E-state index contributed by atoms with van der Waals surface area (Å²) in [7, 11) is -1.97. The van der Waals surface area contributed by atoms with Gasteiger partial charge in [0, 0.05) is 26.2 Å². The minimum atomic E-state index is -3.55. The summed E-state index contributed by atoms with van der Waals surface area (Å²) in [6.45, 7) is 4.41. The van der Waals surface area contributed by atoms with Crippen LogP contribution in [0.3, 0.4) is 0 Å². The number of rotatable bonds is 6. The quantitative estimate of drug-likeness (QED) is 0.796. The molecule has 7 heteroatoms. The smallest absolute Gasteiger partial charge is 0.307 e. The van der Waals surface area contributed by atoms with Crippen LogP contribution in [0.5, 0.6) is 0 Å². The second-order valence-electron chi connectivity index (χ2n) is 5.03. The Hall–Kier alpha value is -0.660. The maximum absolute atomic E-state index is 12.5. The maximum atomic E-state index is 12.5. The molecule has 0 amide bonds. The molecule has 0 aromatic rings. The van der Waals surface area contributed by atoms with Crippen molar-refractivity contribution in [3.8, 4) is 0 Å². The number of aliphatic carboxylic acids is 1. The molecule has 0 aromatic carbocycles. The third-order valence-electron chi connectivity index (χ3n) is 3.88. The van der Waals surface area contributed by atoms with Crippen LogP contribution in [0, 0.1) is 5.92 Å². The van der Waals surface area contributed by atoms with E-state index in [1.54, 1.807) is 7.05 Å². The standard InChI is InChI=1S/C12H24N2O4S/c1-4-11(5-2)13(3)19(17,18)14-8-6-7-10(9-14)12(15)16/h10-11H,4-9H2,1-3H3,(H,15,16). The minimum absolute atomic E-state index is 0.0322. The van der Waals surface area contributed by atoms with Crippen LogP contribution in [-0.2, 0) is 15.0 Å². The van der Waals surface area contributed by atoms with Crippen LogP contribution in [0.1, 0.15) is 39.5 Å². The third kappa shape index (κ3) is 3.67. The lowest BCUT2D eigenvalue weighted by Crippen LogP contribution is -2.50. The van der Waals surface area contributed by atoms with E-state index in [2.05, 4.69) is 0 Å². The molecule has 0 spiro atoms. The van der Waals surface area contributed by atoms with Gasteiger partial charge >= 0.3 is 5.97 Å². The van der Waals surface area contributed by atoms with Crippen LogP contribution in [0.4, 0.5) is 0 Å². The summed E-state index contributed by atoms with van der Waals surface area (Å²) in [4.78, 5) is 11.0. The van der Waals surface area contributed by atoms with E-state index in [-0.39, 0.29) is 12.6 Å². The van der Waals surface area contributed by atoms with Crippen molar-refractivity contribution >= 4 is 16.2 Å². The van der Waals surface area contributed by atoms with Crippen molar-refractivity contribution in [1.82, 2.24) is 8.61 Å². The second kappa shape index (κ2) is 6.67. The van der Waals surface area contributed by atoms with E-state index in [0.717, 1.165) is 12.8 Å². The van der Waals surface area contributed by atoms with E-state index in [1.165, 1.54) is 8.61 Å². The second-order valence-corrected chi connectivity index (χ2v) is 7.02. The summed E-state index contributed by atoms with van der Waals surface area (Å²) >= 11 is 0. The fourth-order valence-electron chi connectivity index (χ4n) is 2.53. The Kier molecular flexibility index (Phi) is 5.76. The van der Waals surface area contributed by atoms with Crippen molar-refractivity contribution in [2.45, 2.75) is 45.6 Å². The molecular formula is C12H24N2O4S. The molecule has 1 saturated heterocycles. The number of hydrogen-bond acceptors (Lipinski definition) is 3. The molecule has 0 radical (unpaired) electrons. The van der Waals surface area contributed by atoms with Gasteiger partial charge in [-0.3, -0.25) is 4.79 Å². The summed E-state index contributed by atoms with van der Waals surface area (Å²) in [6.07, 6.45) is 2.66. The predicted octanol–water partition coefficient (Wildman–Crippen LogP) is 1.15. The van der Waals surface area contributed by atoms with Gasteiger partial charge in [-0.25, -0.2) is 0 Å². The molecule has 112 valence electrons. The molecule has 1 N–H and O–H groups in total. The van der Waals surface area contributed by atoms with Gasteiger partial charge in [-0.1, -0.05) is 13.8 Å². The first kappa shape index (κ1) is 16.4. The van der Waals surface area contributed by atoms with Crippen LogP contribution in [-0.4, -0.2) is 54.3 Å². The summed E-state index contributed by atoms with van der Waals surface area (Å²) in [5, 5.41) is 9.03. The normalized spacial score (nSPS) is 22.1. The first-order valence-electron chi connectivity index (χ1n) is 6.80. The molecule has 1 rings (SSSR count). The molecule has 19 heavy (non-hydrogen) atoms. The van der Waals surface area contributed by atoms with Crippen LogP contribution < -0.4 is 0 Å². The topological polar surface area (TPSA) is 77.9 Å². The van der Waals surface area contributed by atoms with Crippen molar-refractivity contribution in [3.05, 3.63) is 0 Å². The Morgan fingerprint density at radius 2 is 2.00 bits per heavy atom. The molecule has 1 heterocycles. The molecule has 0 bridgehead atoms. The lowest BCUT2D eigenvalue weighted by atomic mass is 10.0. The Balaban J connectivity index is 2.84. The summed E-state index contributed by atoms with van der Waals surface area (Å²) in [5.41, 5.74) is 0. The molecule has 1 fully saturated rings. The molecule has 6 nitrogen and oxygen atoms in total.